The minimum atomic E-state index is -3.32. The summed E-state index contributed by atoms with van der Waals surface area (Å²) in [5, 5.41) is 9.89. The van der Waals surface area contributed by atoms with E-state index < -0.39 is 10.2 Å². The number of amides is 1. The van der Waals surface area contributed by atoms with Gasteiger partial charge in [0.1, 0.15) is 5.75 Å². The maximum Gasteiger partial charge on any atom is 0.281 e. The highest BCUT2D eigenvalue weighted by atomic mass is 79.9. The summed E-state index contributed by atoms with van der Waals surface area (Å²) in [5.41, 5.74) is 0.997. The fraction of sp³-hybridized carbons (Fsp3) is 0.682. The molecule has 2 fully saturated rings. The summed E-state index contributed by atoms with van der Waals surface area (Å²) in [7, 11) is -0.168. The fourth-order valence-electron chi connectivity index (χ4n) is 4.89. The van der Waals surface area contributed by atoms with Crippen molar-refractivity contribution in [1.29, 1.82) is 0 Å². The number of likely N-dealkylation sites (tertiary alicyclic amines) is 1. The van der Waals surface area contributed by atoms with Gasteiger partial charge in [0.25, 0.3) is 10.2 Å². The third-order valence-corrected chi connectivity index (χ3v) is 9.99. The Morgan fingerprint density at radius 3 is 2.00 bits per heavy atom. The molecule has 0 radical (unpaired) electrons. The molecule has 1 amide bonds. The Morgan fingerprint density at radius 1 is 1.06 bits per heavy atom. The van der Waals surface area contributed by atoms with Crippen LogP contribution in [0.1, 0.15) is 38.2 Å². The molecule has 2 aliphatic heterocycles. The topological polar surface area (TPSA) is 81.2 Å². The normalized spacial score (nSPS) is 20.6. The van der Waals surface area contributed by atoms with Crippen LogP contribution in [0.5, 0.6) is 5.75 Å². The second kappa shape index (κ2) is 10.7. The lowest BCUT2D eigenvalue weighted by atomic mass is 9.79. The number of carbonyl (C=O) groups is 1. The van der Waals surface area contributed by atoms with E-state index in [0.717, 1.165) is 44.3 Å². The van der Waals surface area contributed by atoms with Crippen molar-refractivity contribution in [3.8, 4) is 5.75 Å². The zero-order valence-corrected chi connectivity index (χ0v) is 22.9. The minimum absolute atomic E-state index is 0.130. The van der Waals surface area contributed by atoms with Crippen molar-refractivity contribution in [3.63, 3.8) is 0 Å². The van der Waals surface area contributed by atoms with Crippen LogP contribution in [0.25, 0.3) is 0 Å². The summed E-state index contributed by atoms with van der Waals surface area (Å²) in [6, 6.07) is 3.72. The molecule has 180 valence electrons. The molecule has 0 unspecified atom stereocenters. The van der Waals surface area contributed by atoms with Gasteiger partial charge < -0.3 is 10.0 Å². The standard InChI is InChI=1S/C22H33Br2N3O4S/c1-15(12-16-13-19(23)21(28)20(24)14-16)22(29)26-8-4-17(5-9-26)18-6-10-27(11-7-18)32(30,31)25(2)3/h13-15,17-18,28H,4-12H2,1-3H3/t15-/m1/s1. The Balaban J connectivity index is 1.49. The van der Waals surface area contributed by atoms with Crippen molar-refractivity contribution in [2.24, 2.45) is 17.8 Å². The summed E-state index contributed by atoms with van der Waals surface area (Å²) in [5.74, 6) is 1.30. The van der Waals surface area contributed by atoms with Crippen LogP contribution in [0.3, 0.4) is 0 Å². The van der Waals surface area contributed by atoms with E-state index in [2.05, 4.69) is 31.9 Å². The van der Waals surface area contributed by atoms with Gasteiger partial charge >= 0.3 is 0 Å². The average Bonchev–Trinajstić information content (AvgIpc) is 2.77. The molecule has 0 spiro atoms. The summed E-state index contributed by atoms with van der Waals surface area (Å²) in [6.07, 6.45) is 4.38. The van der Waals surface area contributed by atoms with Crippen LogP contribution in [0.2, 0.25) is 0 Å². The molecule has 1 atom stereocenters. The van der Waals surface area contributed by atoms with Crippen molar-refractivity contribution in [1.82, 2.24) is 13.5 Å². The van der Waals surface area contributed by atoms with E-state index in [9.17, 15) is 18.3 Å². The molecule has 2 aliphatic rings. The SMILES string of the molecule is C[C@H](Cc1cc(Br)c(O)c(Br)c1)C(=O)N1CCC(C2CCN(S(=O)(=O)N(C)C)CC2)CC1. The fourth-order valence-corrected chi connectivity index (χ4v) is 7.30. The van der Waals surface area contributed by atoms with Gasteiger partial charge in [-0.05, 0) is 93.5 Å². The first kappa shape index (κ1) is 25.9. The monoisotopic (exact) mass is 593 g/mol. The Labute approximate surface area is 208 Å². The van der Waals surface area contributed by atoms with E-state index in [1.54, 1.807) is 18.4 Å². The van der Waals surface area contributed by atoms with Crippen LogP contribution < -0.4 is 0 Å². The summed E-state index contributed by atoms with van der Waals surface area (Å²) >= 11 is 6.70. The molecule has 2 saturated heterocycles. The van der Waals surface area contributed by atoms with Gasteiger partial charge in [0.15, 0.2) is 0 Å². The van der Waals surface area contributed by atoms with Gasteiger partial charge in [-0.25, -0.2) is 0 Å². The van der Waals surface area contributed by atoms with Crippen LogP contribution >= 0.6 is 31.9 Å². The van der Waals surface area contributed by atoms with E-state index in [1.165, 1.54) is 4.31 Å². The molecule has 0 saturated carbocycles. The Kier molecular flexibility index (Phi) is 8.68. The second-order valence-electron chi connectivity index (χ2n) is 9.20. The largest absolute Gasteiger partial charge is 0.506 e. The summed E-state index contributed by atoms with van der Waals surface area (Å²) < 4.78 is 28.8. The first-order chi connectivity index (χ1) is 15.0. The van der Waals surface area contributed by atoms with Crippen LogP contribution in [0, 0.1) is 17.8 Å². The van der Waals surface area contributed by atoms with Gasteiger partial charge in [-0.1, -0.05) is 6.92 Å². The van der Waals surface area contributed by atoms with Gasteiger partial charge in [-0.2, -0.15) is 17.0 Å². The van der Waals surface area contributed by atoms with E-state index in [-0.39, 0.29) is 17.6 Å². The first-order valence-electron chi connectivity index (χ1n) is 11.1. The summed E-state index contributed by atoms with van der Waals surface area (Å²) in [4.78, 5) is 15.0. The molecule has 1 N–H and O–H groups in total. The lowest BCUT2D eigenvalue weighted by molar-refractivity contribution is -0.136. The lowest BCUT2D eigenvalue weighted by Gasteiger charge is -2.40. The predicted octanol–water partition coefficient (Wildman–Crippen LogP) is 3.85. The maximum absolute atomic E-state index is 13.0. The van der Waals surface area contributed by atoms with Crippen molar-refractivity contribution in [2.75, 3.05) is 40.3 Å². The highest BCUT2D eigenvalue weighted by molar-refractivity contribution is 9.11. The molecular formula is C22H33Br2N3O4S. The molecule has 7 nitrogen and oxygen atoms in total. The number of aromatic hydroxyl groups is 1. The second-order valence-corrected chi connectivity index (χ2v) is 13.1. The number of hydrogen-bond acceptors (Lipinski definition) is 4. The van der Waals surface area contributed by atoms with E-state index >= 15 is 0 Å². The number of phenols is 1. The smallest absolute Gasteiger partial charge is 0.281 e. The summed E-state index contributed by atoms with van der Waals surface area (Å²) in [6.45, 7) is 4.67. The van der Waals surface area contributed by atoms with Crippen LogP contribution in [-0.4, -0.2) is 73.2 Å². The van der Waals surface area contributed by atoms with Gasteiger partial charge in [0.05, 0.1) is 8.95 Å². The third-order valence-electron chi connectivity index (χ3n) is 6.84. The zero-order valence-electron chi connectivity index (χ0n) is 18.9. The minimum Gasteiger partial charge on any atom is -0.506 e. The quantitative estimate of drug-likeness (QED) is 0.542. The molecule has 0 bridgehead atoms. The predicted molar refractivity (Wildman–Crippen MR) is 133 cm³/mol. The first-order valence-corrected chi connectivity index (χ1v) is 14.1. The number of halogens is 2. The van der Waals surface area contributed by atoms with E-state index in [4.69, 9.17) is 0 Å². The number of nitrogens with zero attached hydrogens (tertiary/aromatic N) is 3. The van der Waals surface area contributed by atoms with Crippen LogP contribution in [-0.2, 0) is 21.4 Å². The number of phenolic OH excluding ortho intramolecular Hbond substituents is 1. The Morgan fingerprint density at radius 2 is 1.53 bits per heavy atom. The van der Waals surface area contributed by atoms with Crippen LogP contribution in [0.15, 0.2) is 21.1 Å². The van der Waals surface area contributed by atoms with Crippen molar-refractivity contribution < 1.29 is 18.3 Å². The highest BCUT2D eigenvalue weighted by Crippen LogP contribution is 2.35. The van der Waals surface area contributed by atoms with Gasteiger partial charge in [0.2, 0.25) is 5.91 Å². The van der Waals surface area contributed by atoms with Gasteiger partial charge in [-0.15, -0.1) is 0 Å². The molecule has 1 aromatic rings. The average molecular weight is 595 g/mol. The number of rotatable bonds is 6. The highest BCUT2D eigenvalue weighted by Gasteiger charge is 2.35. The number of carbonyl (C=O) groups excluding carboxylic acids is 1. The molecule has 3 rings (SSSR count). The van der Waals surface area contributed by atoms with E-state index in [0.29, 0.717) is 40.3 Å². The molecule has 1 aromatic carbocycles. The lowest BCUT2D eigenvalue weighted by Crippen LogP contribution is -2.47. The maximum atomic E-state index is 13.0. The molecule has 2 heterocycles. The molecule has 10 heteroatoms. The van der Waals surface area contributed by atoms with Crippen molar-refractivity contribution in [3.05, 3.63) is 26.6 Å². The molecule has 0 aromatic heterocycles. The Hall–Kier alpha value is -0.680. The third kappa shape index (κ3) is 5.87. The molecule has 0 aliphatic carbocycles. The van der Waals surface area contributed by atoms with Crippen molar-refractivity contribution in [2.45, 2.75) is 39.0 Å². The van der Waals surface area contributed by atoms with E-state index in [1.807, 2.05) is 24.0 Å². The van der Waals surface area contributed by atoms with Gasteiger partial charge in [-0.3, -0.25) is 4.79 Å². The number of hydrogen-bond donors (Lipinski definition) is 1. The van der Waals surface area contributed by atoms with Crippen molar-refractivity contribution >= 4 is 48.0 Å². The molecule has 32 heavy (non-hydrogen) atoms. The number of piperidine rings is 2. The Bertz CT molecular complexity index is 902. The molecular weight excluding hydrogens is 562 g/mol. The van der Waals surface area contributed by atoms with Gasteiger partial charge in [0, 0.05) is 46.2 Å². The zero-order chi connectivity index (χ0) is 23.6. The number of benzene rings is 1. The van der Waals surface area contributed by atoms with Crippen LogP contribution in [0.4, 0.5) is 0 Å².